The third-order valence-electron chi connectivity index (χ3n) is 13.6. The second-order valence-corrected chi connectivity index (χ2v) is 21.8. The third kappa shape index (κ3) is 13.0. The van der Waals surface area contributed by atoms with E-state index in [-0.39, 0.29) is 65.2 Å². The molecule has 14 nitrogen and oxygen atoms in total. The number of fused-ring (bicyclic) bond motifs is 2. The number of carbonyl (C=O) groups is 2. The molecule has 376 valence electrons. The smallest absolute Gasteiger partial charge is 0.267 e. The summed E-state index contributed by atoms with van der Waals surface area (Å²) in [5.41, 5.74) is 2.31. The summed E-state index contributed by atoms with van der Waals surface area (Å²) in [6.07, 6.45) is 15.1. The number of pyridine rings is 2. The van der Waals surface area contributed by atoms with Gasteiger partial charge in [-0.1, -0.05) is 81.4 Å². The molecule has 0 radical (unpaired) electrons. The van der Waals surface area contributed by atoms with Gasteiger partial charge in [-0.2, -0.15) is 5.26 Å². The molecule has 1 saturated heterocycles. The molecule has 1 N–H and O–H groups in total. The predicted molar refractivity (Wildman–Crippen MR) is 276 cm³/mol. The molecule has 0 spiro atoms. The summed E-state index contributed by atoms with van der Waals surface area (Å²) in [7, 11) is -0.283. The Bertz CT molecular complexity index is 3060. The van der Waals surface area contributed by atoms with Crippen LogP contribution >= 0.6 is 22.9 Å². The van der Waals surface area contributed by atoms with Crippen LogP contribution < -0.4 is 15.2 Å². The molecular formula is C52H60ClF2N9O5S2. The zero-order valence-corrected chi connectivity index (χ0v) is 42.9. The van der Waals surface area contributed by atoms with E-state index in [4.69, 9.17) is 11.6 Å². The van der Waals surface area contributed by atoms with Gasteiger partial charge in [0.15, 0.2) is 0 Å². The Morgan fingerprint density at radius 3 is 2.35 bits per heavy atom. The SMILES string of the molecule is C=CC(=O)N(C)CCCCCCCCCCCCS(=O)(=O)NC(=O)c1csc2c(-c3cc(Cl)ccc3C#CCn3c(C)nc4cnc(N(C)C5CCN(C6CC(F)(F)C6)CC5)c(C#N)c4c3=O)ccnc12. The topological polar surface area (TPSA) is 174 Å². The Morgan fingerprint density at radius 1 is 1.01 bits per heavy atom. The summed E-state index contributed by atoms with van der Waals surface area (Å²) in [5.74, 6) is 3.46. The highest BCUT2D eigenvalue weighted by atomic mass is 35.5. The number of likely N-dealkylation sites (N-methyl/N-ethyl adjacent to an activating group) is 1. The lowest BCUT2D eigenvalue weighted by Gasteiger charge is -2.46. The van der Waals surface area contributed by atoms with Crippen LogP contribution in [-0.4, -0.2) is 107 Å². The van der Waals surface area contributed by atoms with Crippen molar-refractivity contribution >= 4 is 71.7 Å². The number of hydrogen-bond acceptors (Lipinski definition) is 12. The van der Waals surface area contributed by atoms with Crippen LogP contribution in [0.1, 0.15) is 117 Å². The number of aryl methyl sites for hydroxylation is 1. The molecule has 2 fully saturated rings. The Hall–Kier alpha value is -5.79. The van der Waals surface area contributed by atoms with Gasteiger partial charge in [0, 0.05) is 91.9 Å². The molecule has 2 amide bonds. The van der Waals surface area contributed by atoms with Crippen LogP contribution in [0.25, 0.3) is 32.2 Å². The van der Waals surface area contributed by atoms with Crippen molar-refractivity contribution in [2.75, 3.05) is 44.4 Å². The number of carbonyl (C=O) groups excluding carboxylic acids is 2. The van der Waals surface area contributed by atoms with Gasteiger partial charge >= 0.3 is 0 Å². The number of benzene rings is 1. The van der Waals surface area contributed by atoms with Crippen LogP contribution in [0.4, 0.5) is 14.6 Å². The van der Waals surface area contributed by atoms with Crippen LogP contribution in [0, 0.1) is 30.1 Å². The van der Waals surface area contributed by atoms with Crippen molar-refractivity contribution in [2.45, 2.75) is 121 Å². The minimum absolute atomic E-state index is 0.00445. The van der Waals surface area contributed by atoms with E-state index in [9.17, 15) is 36.8 Å². The highest BCUT2D eigenvalue weighted by Gasteiger charge is 2.48. The van der Waals surface area contributed by atoms with Crippen molar-refractivity contribution in [1.29, 1.82) is 5.26 Å². The molecule has 2 aliphatic rings. The maximum atomic E-state index is 14.2. The van der Waals surface area contributed by atoms with Crippen LogP contribution in [0.2, 0.25) is 5.02 Å². The largest absolute Gasteiger partial charge is 0.355 e. The lowest BCUT2D eigenvalue weighted by Crippen LogP contribution is -2.55. The second kappa shape index (κ2) is 23.6. The molecule has 5 aromatic rings. The first-order chi connectivity index (χ1) is 34.0. The van der Waals surface area contributed by atoms with Gasteiger partial charge in [0.05, 0.1) is 45.2 Å². The number of thiophene rings is 1. The average molecular weight is 1030 g/mol. The van der Waals surface area contributed by atoms with Crippen molar-refractivity contribution < 1.29 is 26.8 Å². The third-order valence-corrected chi connectivity index (χ3v) is 16.2. The van der Waals surface area contributed by atoms with Crippen LogP contribution in [0.3, 0.4) is 0 Å². The lowest BCUT2D eigenvalue weighted by molar-refractivity contribution is -0.127. The number of halogens is 3. The number of likely N-dealkylation sites (tertiary alicyclic amines) is 1. The Labute approximate surface area is 423 Å². The van der Waals surface area contributed by atoms with Crippen LogP contribution in [0.5, 0.6) is 0 Å². The van der Waals surface area contributed by atoms with E-state index in [0.29, 0.717) is 75.9 Å². The van der Waals surface area contributed by atoms with Gasteiger partial charge in [-0.3, -0.25) is 28.8 Å². The Morgan fingerprint density at radius 2 is 1.69 bits per heavy atom. The van der Waals surface area contributed by atoms with Crippen LogP contribution in [-0.2, 0) is 21.4 Å². The number of anilines is 1. The molecule has 0 bridgehead atoms. The standard InChI is InChI=1S/C52H60ClF2N9O5S2/c1-5-45(65)61(3)24-14-12-10-8-6-7-9-11-13-15-28-71(68,69)60-50(66)43-34-70-48-40(20-23-57-47(43)48)41-29-37(53)19-18-36(41)17-16-25-64-35(2)59-44-33-58-49(42(32-56)46(44)51(64)67)62(4)38-21-26-63(27-22-38)39-30-52(54,55)31-39/h5,18-20,23,29,33-34,38-39H,1,6-15,21-22,24-28,30-31H2,2-4H3,(H,60,66). The number of aromatic nitrogens is 4. The van der Waals surface area contributed by atoms with E-state index in [1.165, 1.54) is 28.2 Å². The highest BCUT2D eigenvalue weighted by molar-refractivity contribution is 7.90. The number of unbranched alkanes of at least 4 members (excludes halogenated alkanes) is 9. The summed E-state index contributed by atoms with van der Waals surface area (Å²) in [6, 6.07) is 9.07. The number of nitrogens with one attached hydrogen (secondary N) is 1. The quantitative estimate of drug-likeness (QED) is 0.0422. The summed E-state index contributed by atoms with van der Waals surface area (Å²) in [6.45, 7) is 7.18. The van der Waals surface area contributed by atoms with Gasteiger partial charge in [-0.25, -0.2) is 31.9 Å². The van der Waals surface area contributed by atoms with Gasteiger partial charge in [0.1, 0.15) is 23.3 Å². The number of nitriles is 1. The van der Waals surface area contributed by atoms with Gasteiger partial charge < -0.3 is 9.80 Å². The first-order valence-electron chi connectivity index (χ1n) is 24.2. The molecule has 19 heteroatoms. The number of nitrogens with zero attached hydrogens (tertiary/aromatic N) is 8. The first kappa shape index (κ1) is 53.0. The Balaban J connectivity index is 0.970. The average Bonchev–Trinajstić information content (AvgIpc) is 3.79. The van der Waals surface area contributed by atoms with Crippen molar-refractivity contribution in [3.63, 3.8) is 0 Å². The first-order valence-corrected chi connectivity index (χ1v) is 27.1. The van der Waals surface area contributed by atoms with E-state index in [0.717, 1.165) is 64.3 Å². The number of sulfonamides is 1. The van der Waals surface area contributed by atoms with Gasteiger partial charge in [-0.15, -0.1) is 11.3 Å². The maximum Gasteiger partial charge on any atom is 0.267 e. The van der Waals surface area contributed by atoms with Crippen molar-refractivity contribution in [1.82, 2.24) is 34.0 Å². The zero-order valence-electron chi connectivity index (χ0n) is 40.5. The summed E-state index contributed by atoms with van der Waals surface area (Å²) in [4.78, 5) is 58.6. The van der Waals surface area contributed by atoms with Gasteiger partial charge in [-0.05, 0) is 62.9 Å². The monoisotopic (exact) mass is 1030 g/mol. The molecule has 1 aromatic carbocycles. The van der Waals surface area contributed by atoms with E-state index in [1.807, 2.05) is 11.9 Å². The van der Waals surface area contributed by atoms with Crippen molar-refractivity contribution in [3.05, 3.63) is 92.6 Å². The molecule has 1 aliphatic heterocycles. The molecule has 1 aliphatic carbocycles. The van der Waals surface area contributed by atoms with Crippen molar-refractivity contribution in [2.24, 2.45) is 0 Å². The molecule has 0 unspecified atom stereocenters. The minimum Gasteiger partial charge on any atom is -0.355 e. The maximum absolute atomic E-state index is 14.2. The second-order valence-electron chi connectivity index (χ2n) is 18.6. The summed E-state index contributed by atoms with van der Waals surface area (Å²) >= 11 is 7.77. The molecule has 5 heterocycles. The number of rotatable bonds is 21. The number of alkyl halides is 2. The van der Waals surface area contributed by atoms with E-state index in [2.05, 4.69) is 49.1 Å². The fourth-order valence-electron chi connectivity index (χ4n) is 9.50. The molecule has 4 aromatic heterocycles. The van der Waals surface area contributed by atoms with E-state index >= 15 is 0 Å². The predicted octanol–water partition coefficient (Wildman–Crippen LogP) is 9.26. The van der Waals surface area contributed by atoms with E-state index < -0.39 is 27.4 Å². The zero-order chi connectivity index (χ0) is 50.9. The molecule has 1 saturated carbocycles. The van der Waals surface area contributed by atoms with Crippen LogP contribution in [0.15, 0.2) is 59.5 Å². The normalized spacial score (nSPS) is 15.2. The fraction of sp³-hybridized carbons (Fsp3) is 0.481. The van der Waals surface area contributed by atoms with Gasteiger partial charge in [0.25, 0.3) is 17.4 Å². The highest BCUT2D eigenvalue weighted by Crippen LogP contribution is 2.42. The molecule has 7 rings (SSSR count). The number of hydrogen-bond donors (Lipinski definition) is 1. The summed E-state index contributed by atoms with van der Waals surface area (Å²) in [5, 5.41) is 12.6. The van der Waals surface area contributed by atoms with Crippen molar-refractivity contribution in [3.8, 4) is 29.0 Å². The molecule has 71 heavy (non-hydrogen) atoms. The number of piperidine rings is 1. The fourth-order valence-corrected chi connectivity index (χ4v) is 11.8. The molecular weight excluding hydrogens is 968 g/mol. The van der Waals surface area contributed by atoms with E-state index in [1.54, 1.807) is 54.7 Å². The summed E-state index contributed by atoms with van der Waals surface area (Å²) < 4.78 is 57.4. The molecule has 0 atom stereocenters. The van der Waals surface area contributed by atoms with Gasteiger partial charge in [0.2, 0.25) is 15.9 Å². The lowest BCUT2D eigenvalue weighted by atomic mass is 9.85. The Kier molecular flexibility index (Phi) is 17.6. The minimum atomic E-state index is -3.90. The number of amides is 2.